The van der Waals surface area contributed by atoms with Crippen LogP contribution in [0, 0.1) is 0 Å². The number of rotatable bonds is 9. The van der Waals surface area contributed by atoms with Crippen molar-refractivity contribution in [2.45, 2.75) is 17.1 Å². The van der Waals surface area contributed by atoms with Gasteiger partial charge in [-0.1, -0.05) is 36.4 Å². The van der Waals surface area contributed by atoms with E-state index in [1.807, 2.05) is 18.2 Å². The first-order valence-electron chi connectivity index (χ1n) is 10.9. The third-order valence-corrected chi connectivity index (χ3v) is 7.46. The third-order valence-electron chi connectivity index (χ3n) is 5.05. The Morgan fingerprint density at radius 3 is 2.53 bits per heavy atom. The number of benzene rings is 3. The summed E-state index contributed by atoms with van der Waals surface area (Å²) < 4.78 is 39.5. The first kappa shape index (κ1) is 24.0. The number of hydrogen-bond acceptors (Lipinski definition) is 6. The van der Waals surface area contributed by atoms with Gasteiger partial charge in [0.15, 0.2) is 11.5 Å². The van der Waals surface area contributed by atoms with Crippen LogP contribution in [0.4, 0.5) is 5.69 Å². The molecule has 0 aliphatic carbocycles. The average Bonchev–Trinajstić information content (AvgIpc) is 3.09. The van der Waals surface area contributed by atoms with E-state index >= 15 is 0 Å². The van der Waals surface area contributed by atoms with Crippen LogP contribution < -0.4 is 19.5 Å². The lowest BCUT2D eigenvalue weighted by atomic mass is 10.2. The molecule has 0 fully saturated rings. The number of anilines is 1. The lowest BCUT2D eigenvalue weighted by Crippen LogP contribution is -2.26. The Labute approximate surface area is 203 Å². The Balaban J connectivity index is 1.33. The van der Waals surface area contributed by atoms with Gasteiger partial charge in [-0.3, -0.25) is 9.52 Å². The first-order chi connectivity index (χ1) is 16.5. The summed E-state index contributed by atoms with van der Waals surface area (Å²) in [6.45, 7) is 1.51. The number of carbonyl (C=O) groups is 1. The zero-order chi connectivity index (χ0) is 23.8. The summed E-state index contributed by atoms with van der Waals surface area (Å²) in [6.07, 6.45) is 0.732. The van der Waals surface area contributed by atoms with Crippen LogP contribution in [0.3, 0.4) is 0 Å². The molecule has 3 aromatic rings. The minimum atomic E-state index is -3.87. The molecular formula is C25H26N2O5S2. The van der Waals surface area contributed by atoms with E-state index in [0.29, 0.717) is 42.5 Å². The summed E-state index contributed by atoms with van der Waals surface area (Å²) in [5.41, 5.74) is 1.93. The summed E-state index contributed by atoms with van der Waals surface area (Å²) in [4.78, 5) is 12.6. The van der Waals surface area contributed by atoms with E-state index in [9.17, 15) is 13.2 Å². The Hall–Kier alpha value is -3.17. The van der Waals surface area contributed by atoms with E-state index in [1.165, 1.54) is 23.8 Å². The number of hydrogen-bond donors (Lipinski definition) is 2. The second kappa shape index (κ2) is 11.3. The average molecular weight is 499 g/mol. The van der Waals surface area contributed by atoms with Crippen LogP contribution >= 0.6 is 11.8 Å². The molecule has 34 heavy (non-hydrogen) atoms. The monoisotopic (exact) mass is 498 g/mol. The molecule has 0 aromatic heterocycles. The molecule has 0 atom stereocenters. The van der Waals surface area contributed by atoms with Crippen LogP contribution in [0.25, 0.3) is 0 Å². The molecule has 0 saturated heterocycles. The van der Waals surface area contributed by atoms with Crippen molar-refractivity contribution < 1.29 is 22.7 Å². The second-order valence-electron chi connectivity index (χ2n) is 7.64. The van der Waals surface area contributed by atoms with Crippen LogP contribution in [0.15, 0.2) is 77.7 Å². The van der Waals surface area contributed by atoms with E-state index in [4.69, 9.17) is 9.47 Å². The van der Waals surface area contributed by atoms with Crippen molar-refractivity contribution in [3.05, 3.63) is 83.9 Å². The molecule has 0 radical (unpaired) electrons. The van der Waals surface area contributed by atoms with Gasteiger partial charge in [-0.2, -0.15) is 11.8 Å². The van der Waals surface area contributed by atoms with E-state index in [-0.39, 0.29) is 10.8 Å². The highest BCUT2D eigenvalue weighted by Gasteiger charge is 2.19. The summed E-state index contributed by atoms with van der Waals surface area (Å²) in [5, 5.41) is 2.88. The number of ether oxygens (including phenoxy) is 2. The molecule has 1 amide bonds. The Bertz CT molecular complexity index is 1230. The molecule has 3 aromatic carbocycles. The topological polar surface area (TPSA) is 93.7 Å². The normalized spacial score (nSPS) is 13.1. The number of amides is 1. The zero-order valence-corrected chi connectivity index (χ0v) is 20.2. The largest absolute Gasteiger partial charge is 0.490 e. The molecule has 0 spiro atoms. The zero-order valence-electron chi connectivity index (χ0n) is 18.5. The SMILES string of the molecule is O=C(NCCSCc1ccccc1)c1cccc(NS(=O)(=O)c2ccc3c(c2)OCCCO3)c1. The molecule has 0 unspecified atom stereocenters. The predicted molar refractivity (Wildman–Crippen MR) is 134 cm³/mol. The summed E-state index contributed by atoms with van der Waals surface area (Å²) in [5.74, 6) is 2.33. The van der Waals surface area contributed by atoms with Crippen molar-refractivity contribution in [2.24, 2.45) is 0 Å². The van der Waals surface area contributed by atoms with Gasteiger partial charge in [0.25, 0.3) is 15.9 Å². The van der Waals surface area contributed by atoms with Crippen molar-refractivity contribution in [3.8, 4) is 11.5 Å². The van der Waals surface area contributed by atoms with Gasteiger partial charge < -0.3 is 14.8 Å². The number of sulfonamides is 1. The number of thioether (sulfide) groups is 1. The lowest BCUT2D eigenvalue weighted by Gasteiger charge is -2.12. The first-order valence-corrected chi connectivity index (χ1v) is 13.6. The standard InChI is InChI=1S/C25H26N2O5S2/c28-25(26-12-15-33-18-19-6-2-1-3-7-19)20-8-4-9-21(16-20)27-34(29,30)22-10-11-23-24(17-22)32-14-5-13-31-23/h1-4,6-11,16-17,27H,5,12-15,18H2,(H,26,28). The van der Waals surface area contributed by atoms with Gasteiger partial charge in [-0.15, -0.1) is 0 Å². The molecule has 178 valence electrons. The molecule has 1 aliphatic rings. The van der Waals surface area contributed by atoms with E-state index in [2.05, 4.69) is 22.2 Å². The highest BCUT2D eigenvalue weighted by atomic mass is 32.2. The fraction of sp³-hybridized carbons (Fsp3) is 0.240. The minimum absolute atomic E-state index is 0.0574. The predicted octanol–water partition coefficient (Wildman–Crippen LogP) is 4.31. The summed E-state index contributed by atoms with van der Waals surface area (Å²) in [6, 6.07) is 21.1. The highest BCUT2D eigenvalue weighted by Crippen LogP contribution is 2.32. The van der Waals surface area contributed by atoms with E-state index < -0.39 is 10.0 Å². The maximum absolute atomic E-state index is 12.9. The Morgan fingerprint density at radius 2 is 1.71 bits per heavy atom. The smallest absolute Gasteiger partial charge is 0.262 e. The van der Waals surface area contributed by atoms with Gasteiger partial charge >= 0.3 is 0 Å². The van der Waals surface area contributed by atoms with Gasteiger partial charge in [-0.25, -0.2) is 8.42 Å². The van der Waals surface area contributed by atoms with Gasteiger partial charge in [0.2, 0.25) is 0 Å². The minimum Gasteiger partial charge on any atom is -0.490 e. The molecule has 1 heterocycles. The molecule has 7 nitrogen and oxygen atoms in total. The molecular weight excluding hydrogens is 472 g/mol. The summed E-state index contributed by atoms with van der Waals surface area (Å²) in [7, 11) is -3.87. The number of nitrogens with one attached hydrogen (secondary N) is 2. The lowest BCUT2D eigenvalue weighted by molar-refractivity contribution is 0.0956. The number of carbonyl (C=O) groups excluding carboxylic acids is 1. The molecule has 2 N–H and O–H groups in total. The van der Waals surface area contributed by atoms with Gasteiger partial charge in [-0.05, 0) is 35.9 Å². The van der Waals surface area contributed by atoms with E-state index in [1.54, 1.807) is 36.0 Å². The fourth-order valence-electron chi connectivity index (χ4n) is 3.35. The maximum atomic E-state index is 12.9. The molecule has 1 aliphatic heterocycles. The maximum Gasteiger partial charge on any atom is 0.262 e. The van der Waals surface area contributed by atoms with Crippen LogP contribution in [-0.2, 0) is 15.8 Å². The van der Waals surface area contributed by atoms with Gasteiger partial charge in [0, 0.05) is 41.8 Å². The van der Waals surface area contributed by atoms with Gasteiger partial charge in [0.1, 0.15) is 0 Å². The van der Waals surface area contributed by atoms with Crippen LogP contribution in [0.5, 0.6) is 11.5 Å². The Kier molecular flexibility index (Phi) is 7.97. The van der Waals surface area contributed by atoms with Crippen molar-refractivity contribution in [1.29, 1.82) is 0 Å². The number of fused-ring (bicyclic) bond motifs is 1. The van der Waals surface area contributed by atoms with Crippen molar-refractivity contribution in [2.75, 3.05) is 30.2 Å². The van der Waals surface area contributed by atoms with Crippen molar-refractivity contribution >= 4 is 33.4 Å². The Morgan fingerprint density at radius 1 is 0.912 bits per heavy atom. The third kappa shape index (κ3) is 6.45. The van der Waals surface area contributed by atoms with Crippen LogP contribution in [0.1, 0.15) is 22.3 Å². The molecule has 0 bridgehead atoms. The molecule has 9 heteroatoms. The molecule has 4 rings (SSSR count). The van der Waals surface area contributed by atoms with Crippen LogP contribution in [-0.4, -0.2) is 39.8 Å². The van der Waals surface area contributed by atoms with Crippen LogP contribution in [0.2, 0.25) is 0 Å². The highest BCUT2D eigenvalue weighted by molar-refractivity contribution is 7.98. The second-order valence-corrected chi connectivity index (χ2v) is 10.4. The molecule has 0 saturated carbocycles. The quantitative estimate of drug-likeness (QED) is 0.427. The van der Waals surface area contributed by atoms with Gasteiger partial charge in [0.05, 0.1) is 18.1 Å². The summed E-state index contributed by atoms with van der Waals surface area (Å²) >= 11 is 1.74. The van der Waals surface area contributed by atoms with Crippen molar-refractivity contribution in [1.82, 2.24) is 5.32 Å². The van der Waals surface area contributed by atoms with E-state index in [0.717, 1.165) is 17.9 Å². The van der Waals surface area contributed by atoms with Crippen molar-refractivity contribution in [3.63, 3.8) is 0 Å². The fourth-order valence-corrected chi connectivity index (χ4v) is 5.24.